The highest BCUT2D eigenvalue weighted by Gasteiger charge is 2.29. The number of hydrogen-bond donors (Lipinski definition) is 2. The molecule has 33 heavy (non-hydrogen) atoms. The molecule has 0 aliphatic rings. The van der Waals surface area contributed by atoms with Crippen molar-refractivity contribution in [2.75, 3.05) is 0 Å². The lowest BCUT2D eigenvalue weighted by molar-refractivity contribution is -0.137. The number of nitrogens with zero attached hydrogens (tertiary/aromatic N) is 3. The van der Waals surface area contributed by atoms with Gasteiger partial charge in [-0.2, -0.15) is 13.9 Å². The molecule has 1 unspecified atom stereocenters. The molecule has 2 amide bonds. The highest BCUT2D eigenvalue weighted by atomic mass is 32.1. The fourth-order valence-electron chi connectivity index (χ4n) is 3.40. The van der Waals surface area contributed by atoms with Crippen LogP contribution < -0.4 is 11.1 Å². The molecule has 0 spiro atoms. The summed E-state index contributed by atoms with van der Waals surface area (Å²) >= 11 is 1.35. The molecule has 4 aromatic rings. The van der Waals surface area contributed by atoms with E-state index in [1.54, 1.807) is 48.0 Å². The number of alkyl halides is 2. The van der Waals surface area contributed by atoms with E-state index in [9.17, 15) is 23.2 Å². The van der Waals surface area contributed by atoms with Gasteiger partial charge in [-0.1, -0.05) is 42.5 Å². The third kappa shape index (κ3) is 4.62. The standard InChI is InChI=1S/C22H17F2N5O3S/c23-22(24)29-10-14(17(28-29)13-7-4-8-16-18(13)26-11-33-16)21(32)27-15(19(30)20(25)31)9-12-5-2-1-3-6-12/h1-8,10-11,15,22H,9H2,(H2,25,31)(H,27,32). The van der Waals surface area contributed by atoms with Crippen LogP contribution in [0.2, 0.25) is 0 Å². The van der Waals surface area contributed by atoms with Gasteiger partial charge in [0.25, 0.3) is 11.8 Å². The van der Waals surface area contributed by atoms with Crippen molar-refractivity contribution in [2.24, 2.45) is 5.73 Å². The molecule has 0 aliphatic carbocycles. The lowest BCUT2D eigenvalue weighted by atomic mass is 10.0. The highest BCUT2D eigenvalue weighted by molar-refractivity contribution is 7.16. The first kappa shape index (κ1) is 22.2. The zero-order valence-corrected chi connectivity index (χ0v) is 17.8. The molecular formula is C22H17F2N5O3S. The normalized spacial score (nSPS) is 12.1. The van der Waals surface area contributed by atoms with Gasteiger partial charge in [0.05, 0.1) is 21.3 Å². The fraction of sp³-hybridized carbons (Fsp3) is 0.136. The van der Waals surface area contributed by atoms with E-state index in [2.05, 4.69) is 15.4 Å². The van der Waals surface area contributed by atoms with Crippen LogP contribution in [0.5, 0.6) is 0 Å². The second-order valence-corrected chi connectivity index (χ2v) is 7.98. The number of amides is 2. The number of aromatic nitrogens is 3. The van der Waals surface area contributed by atoms with Crippen LogP contribution in [-0.2, 0) is 16.0 Å². The zero-order valence-electron chi connectivity index (χ0n) is 16.9. The van der Waals surface area contributed by atoms with Gasteiger partial charge in [0, 0.05) is 18.2 Å². The molecule has 0 saturated carbocycles. The lowest BCUT2D eigenvalue weighted by Gasteiger charge is -2.16. The second kappa shape index (κ2) is 9.25. The van der Waals surface area contributed by atoms with E-state index >= 15 is 0 Å². The Balaban J connectivity index is 1.72. The van der Waals surface area contributed by atoms with Gasteiger partial charge in [-0.25, -0.2) is 9.67 Å². The molecule has 0 aliphatic heterocycles. The molecular weight excluding hydrogens is 452 g/mol. The number of Topliss-reactive ketones (excluding diaryl/α,β-unsaturated/α-hetero) is 1. The Morgan fingerprint density at radius 1 is 1.09 bits per heavy atom. The SMILES string of the molecule is NC(=O)C(=O)C(Cc1ccccc1)NC(=O)c1cn(C(F)F)nc1-c1cccc2scnc12. The van der Waals surface area contributed by atoms with Crippen LogP contribution in [0.3, 0.4) is 0 Å². The average molecular weight is 469 g/mol. The van der Waals surface area contributed by atoms with Crippen molar-refractivity contribution in [2.45, 2.75) is 19.0 Å². The van der Waals surface area contributed by atoms with Gasteiger partial charge in [-0.15, -0.1) is 11.3 Å². The second-order valence-electron chi connectivity index (χ2n) is 7.10. The smallest absolute Gasteiger partial charge is 0.333 e. The van der Waals surface area contributed by atoms with Gasteiger partial charge in [-0.3, -0.25) is 14.4 Å². The lowest BCUT2D eigenvalue weighted by Crippen LogP contribution is -2.47. The van der Waals surface area contributed by atoms with Gasteiger partial charge < -0.3 is 11.1 Å². The number of nitrogens with one attached hydrogen (secondary N) is 1. The van der Waals surface area contributed by atoms with E-state index in [-0.39, 0.29) is 17.7 Å². The van der Waals surface area contributed by atoms with Gasteiger partial charge in [-0.05, 0) is 11.6 Å². The minimum Gasteiger partial charge on any atom is -0.363 e. The third-order valence-corrected chi connectivity index (χ3v) is 5.73. The quantitative estimate of drug-likeness (QED) is 0.385. The van der Waals surface area contributed by atoms with E-state index in [4.69, 9.17) is 5.73 Å². The number of benzene rings is 2. The van der Waals surface area contributed by atoms with Crippen molar-refractivity contribution < 1.29 is 23.2 Å². The Bertz CT molecular complexity index is 1340. The number of carbonyl (C=O) groups is 3. The summed E-state index contributed by atoms with van der Waals surface area (Å²) in [7, 11) is 0. The molecule has 8 nitrogen and oxygen atoms in total. The summed E-state index contributed by atoms with van der Waals surface area (Å²) in [6, 6.07) is 12.5. The minimum atomic E-state index is -2.99. The molecule has 3 N–H and O–H groups in total. The number of para-hydroxylation sites is 1. The van der Waals surface area contributed by atoms with E-state index < -0.39 is 30.2 Å². The van der Waals surface area contributed by atoms with Crippen molar-refractivity contribution in [1.82, 2.24) is 20.1 Å². The van der Waals surface area contributed by atoms with E-state index in [1.165, 1.54) is 11.3 Å². The van der Waals surface area contributed by atoms with E-state index in [0.717, 1.165) is 10.9 Å². The summed E-state index contributed by atoms with van der Waals surface area (Å²) in [4.78, 5) is 41.3. The van der Waals surface area contributed by atoms with Crippen LogP contribution in [0, 0.1) is 0 Å². The molecule has 2 heterocycles. The Morgan fingerprint density at radius 2 is 1.85 bits per heavy atom. The van der Waals surface area contributed by atoms with Crippen molar-refractivity contribution >= 4 is 39.2 Å². The Labute approximate surface area is 190 Å². The summed E-state index contributed by atoms with van der Waals surface area (Å²) in [6.07, 6.45) is 0.892. The molecule has 2 aromatic heterocycles. The first-order chi connectivity index (χ1) is 15.8. The monoisotopic (exact) mass is 469 g/mol. The summed E-state index contributed by atoms with van der Waals surface area (Å²) in [6.45, 7) is -2.99. The van der Waals surface area contributed by atoms with Crippen LogP contribution in [0.15, 0.2) is 60.2 Å². The molecule has 1 atom stereocenters. The van der Waals surface area contributed by atoms with Crippen molar-refractivity contribution in [3.8, 4) is 11.3 Å². The Kier molecular flexibility index (Phi) is 6.22. The predicted molar refractivity (Wildman–Crippen MR) is 118 cm³/mol. The minimum absolute atomic E-state index is 0.00562. The van der Waals surface area contributed by atoms with Crippen LogP contribution in [0.25, 0.3) is 21.5 Å². The molecule has 0 bridgehead atoms. The number of rotatable bonds is 8. The van der Waals surface area contributed by atoms with E-state index in [1.807, 2.05) is 6.07 Å². The molecule has 0 saturated heterocycles. The van der Waals surface area contributed by atoms with Gasteiger partial charge in [0.15, 0.2) is 0 Å². The van der Waals surface area contributed by atoms with Crippen LogP contribution >= 0.6 is 11.3 Å². The summed E-state index contributed by atoms with van der Waals surface area (Å²) in [5.74, 6) is -3.07. The summed E-state index contributed by atoms with van der Waals surface area (Å²) in [5.41, 5.74) is 8.11. The predicted octanol–water partition coefficient (Wildman–Crippen LogP) is 2.95. The number of carbonyl (C=O) groups excluding carboxylic acids is 3. The molecule has 0 radical (unpaired) electrons. The molecule has 4 rings (SSSR count). The van der Waals surface area contributed by atoms with Crippen molar-refractivity contribution in [3.63, 3.8) is 0 Å². The maximum absolute atomic E-state index is 13.4. The maximum Gasteiger partial charge on any atom is 0.333 e. The van der Waals surface area contributed by atoms with Crippen LogP contribution in [0.1, 0.15) is 22.5 Å². The van der Waals surface area contributed by atoms with Gasteiger partial charge in [0.1, 0.15) is 11.7 Å². The van der Waals surface area contributed by atoms with Crippen molar-refractivity contribution in [3.05, 3.63) is 71.4 Å². The van der Waals surface area contributed by atoms with Gasteiger partial charge >= 0.3 is 6.55 Å². The molecule has 11 heteroatoms. The highest BCUT2D eigenvalue weighted by Crippen LogP contribution is 2.32. The number of thiazole rings is 1. The van der Waals surface area contributed by atoms with Gasteiger partial charge in [0.2, 0.25) is 5.78 Å². The van der Waals surface area contributed by atoms with E-state index in [0.29, 0.717) is 21.3 Å². The zero-order chi connectivity index (χ0) is 23.5. The van der Waals surface area contributed by atoms with Crippen LogP contribution in [0.4, 0.5) is 8.78 Å². The molecule has 168 valence electrons. The fourth-order valence-corrected chi connectivity index (χ4v) is 4.10. The number of primary amides is 1. The number of halogens is 2. The topological polar surface area (TPSA) is 120 Å². The largest absolute Gasteiger partial charge is 0.363 e. The summed E-state index contributed by atoms with van der Waals surface area (Å²) < 4.78 is 28.0. The Hall–Kier alpha value is -3.99. The van der Waals surface area contributed by atoms with Crippen molar-refractivity contribution in [1.29, 1.82) is 0 Å². The number of hydrogen-bond acceptors (Lipinski definition) is 6. The number of ketones is 1. The average Bonchev–Trinajstić information content (AvgIpc) is 3.46. The first-order valence-electron chi connectivity index (χ1n) is 9.73. The van der Waals surface area contributed by atoms with Crippen LogP contribution in [-0.4, -0.2) is 38.4 Å². The Morgan fingerprint density at radius 3 is 2.55 bits per heavy atom. The summed E-state index contributed by atoms with van der Waals surface area (Å²) in [5, 5.41) is 6.36. The number of fused-ring (bicyclic) bond motifs is 1. The maximum atomic E-state index is 13.4. The molecule has 2 aromatic carbocycles. The third-order valence-electron chi connectivity index (χ3n) is 4.94. The first-order valence-corrected chi connectivity index (χ1v) is 10.6. The molecule has 0 fully saturated rings. The number of nitrogens with two attached hydrogens (primary N) is 1.